The van der Waals surface area contributed by atoms with E-state index in [0.29, 0.717) is 6.04 Å². The zero-order valence-corrected chi connectivity index (χ0v) is 11.6. The van der Waals surface area contributed by atoms with Gasteiger partial charge in [-0.2, -0.15) is 0 Å². The molecule has 0 amide bonds. The predicted octanol–water partition coefficient (Wildman–Crippen LogP) is 4.47. The SMILES string of the molecule is CCCOc1ccccc1NC1CCCC1CC. The fraction of sp³-hybridized carbons (Fsp3) is 0.625. The lowest BCUT2D eigenvalue weighted by Crippen LogP contribution is -2.23. The summed E-state index contributed by atoms with van der Waals surface area (Å²) < 4.78 is 5.80. The number of rotatable bonds is 6. The van der Waals surface area contributed by atoms with Crippen molar-refractivity contribution < 1.29 is 4.74 Å². The Balaban J connectivity index is 2.03. The molecule has 100 valence electrons. The minimum atomic E-state index is 0.626. The fourth-order valence-corrected chi connectivity index (χ4v) is 2.84. The Labute approximate surface area is 111 Å². The van der Waals surface area contributed by atoms with Crippen LogP contribution in [0.3, 0.4) is 0 Å². The van der Waals surface area contributed by atoms with E-state index in [1.807, 2.05) is 6.07 Å². The summed E-state index contributed by atoms with van der Waals surface area (Å²) in [5.74, 6) is 1.82. The van der Waals surface area contributed by atoms with Crippen molar-refractivity contribution in [1.29, 1.82) is 0 Å². The Bertz CT molecular complexity index is 364. The van der Waals surface area contributed by atoms with Crippen LogP contribution in [0.4, 0.5) is 5.69 Å². The number of hydrogen-bond donors (Lipinski definition) is 1. The van der Waals surface area contributed by atoms with E-state index in [4.69, 9.17) is 4.74 Å². The van der Waals surface area contributed by atoms with Gasteiger partial charge in [-0.25, -0.2) is 0 Å². The average molecular weight is 247 g/mol. The Morgan fingerprint density at radius 2 is 2.06 bits per heavy atom. The van der Waals surface area contributed by atoms with Crippen molar-refractivity contribution in [2.45, 2.75) is 52.0 Å². The molecular formula is C16H25NO. The van der Waals surface area contributed by atoms with Gasteiger partial charge in [-0.05, 0) is 37.3 Å². The van der Waals surface area contributed by atoms with Crippen LogP contribution in [0.1, 0.15) is 46.0 Å². The normalized spacial score (nSPS) is 23.0. The number of anilines is 1. The van der Waals surface area contributed by atoms with Crippen molar-refractivity contribution in [2.24, 2.45) is 5.92 Å². The van der Waals surface area contributed by atoms with Crippen LogP contribution in [0, 0.1) is 5.92 Å². The molecule has 0 saturated heterocycles. The maximum Gasteiger partial charge on any atom is 0.142 e. The number of hydrogen-bond acceptors (Lipinski definition) is 2. The molecule has 2 heteroatoms. The van der Waals surface area contributed by atoms with Crippen LogP contribution in [0.15, 0.2) is 24.3 Å². The maximum absolute atomic E-state index is 5.80. The van der Waals surface area contributed by atoms with Gasteiger partial charge in [0.1, 0.15) is 5.75 Å². The van der Waals surface area contributed by atoms with E-state index in [1.165, 1.54) is 25.7 Å². The van der Waals surface area contributed by atoms with Crippen molar-refractivity contribution >= 4 is 5.69 Å². The highest BCUT2D eigenvalue weighted by Crippen LogP contribution is 2.33. The zero-order chi connectivity index (χ0) is 12.8. The molecule has 0 aliphatic heterocycles. The molecule has 0 heterocycles. The molecule has 1 aliphatic rings. The van der Waals surface area contributed by atoms with E-state index < -0.39 is 0 Å². The highest BCUT2D eigenvalue weighted by atomic mass is 16.5. The third kappa shape index (κ3) is 3.18. The van der Waals surface area contributed by atoms with Gasteiger partial charge in [0, 0.05) is 6.04 Å². The summed E-state index contributed by atoms with van der Waals surface area (Å²) in [6.45, 7) is 5.23. The molecule has 2 unspecified atom stereocenters. The monoisotopic (exact) mass is 247 g/mol. The first-order valence-electron chi connectivity index (χ1n) is 7.33. The molecule has 1 fully saturated rings. The number of para-hydroxylation sites is 2. The third-order valence-corrected chi connectivity index (χ3v) is 3.87. The lowest BCUT2D eigenvalue weighted by atomic mass is 10.0. The molecule has 1 saturated carbocycles. The molecule has 0 spiro atoms. The molecular weight excluding hydrogens is 222 g/mol. The molecule has 1 aromatic rings. The summed E-state index contributed by atoms with van der Waals surface area (Å²) in [5.41, 5.74) is 1.16. The molecule has 2 atom stereocenters. The van der Waals surface area contributed by atoms with Gasteiger partial charge in [-0.1, -0.05) is 38.8 Å². The molecule has 0 bridgehead atoms. The summed E-state index contributed by atoms with van der Waals surface area (Å²) in [6, 6.07) is 8.95. The number of nitrogens with one attached hydrogen (secondary N) is 1. The van der Waals surface area contributed by atoms with E-state index >= 15 is 0 Å². The van der Waals surface area contributed by atoms with E-state index in [9.17, 15) is 0 Å². The number of ether oxygens (including phenoxy) is 1. The minimum Gasteiger partial charge on any atom is -0.491 e. The van der Waals surface area contributed by atoms with E-state index in [2.05, 4.69) is 37.4 Å². The van der Waals surface area contributed by atoms with Crippen molar-refractivity contribution in [1.82, 2.24) is 0 Å². The van der Waals surface area contributed by atoms with Gasteiger partial charge in [0.25, 0.3) is 0 Å². The van der Waals surface area contributed by atoms with Crippen LogP contribution < -0.4 is 10.1 Å². The van der Waals surface area contributed by atoms with E-state index in [1.54, 1.807) is 0 Å². The smallest absolute Gasteiger partial charge is 0.142 e. The lowest BCUT2D eigenvalue weighted by molar-refractivity contribution is 0.318. The minimum absolute atomic E-state index is 0.626. The Kier molecular flexibility index (Phi) is 4.91. The van der Waals surface area contributed by atoms with Gasteiger partial charge < -0.3 is 10.1 Å². The van der Waals surface area contributed by atoms with Crippen LogP contribution in [0.25, 0.3) is 0 Å². The second kappa shape index (κ2) is 6.67. The molecule has 18 heavy (non-hydrogen) atoms. The maximum atomic E-state index is 5.80. The van der Waals surface area contributed by atoms with Crippen LogP contribution in [-0.4, -0.2) is 12.6 Å². The highest BCUT2D eigenvalue weighted by Gasteiger charge is 2.26. The van der Waals surface area contributed by atoms with Gasteiger partial charge in [-0.15, -0.1) is 0 Å². The van der Waals surface area contributed by atoms with Gasteiger partial charge >= 0.3 is 0 Å². The largest absolute Gasteiger partial charge is 0.491 e. The summed E-state index contributed by atoms with van der Waals surface area (Å²) in [5, 5.41) is 3.69. The summed E-state index contributed by atoms with van der Waals surface area (Å²) in [4.78, 5) is 0. The van der Waals surface area contributed by atoms with Gasteiger partial charge in [0.2, 0.25) is 0 Å². The van der Waals surface area contributed by atoms with Crippen molar-refractivity contribution in [2.75, 3.05) is 11.9 Å². The molecule has 0 radical (unpaired) electrons. The van der Waals surface area contributed by atoms with Crippen LogP contribution >= 0.6 is 0 Å². The summed E-state index contributed by atoms with van der Waals surface area (Å²) >= 11 is 0. The molecule has 2 nitrogen and oxygen atoms in total. The van der Waals surface area contributed by atoms with Crippen LogP contribution in [0.5, 0.6) is 5.75 Å². The molecule has 1 aliphatic carbocycles. The predicted molar refractivity (Wildman–Crippen MR) is 77.3 cm³/mol. The Hall–Kier alpha value is -1.18. The standard InChI is InChI=1S/C16H25NO/c1-3-12-18-16-11-6-5-9-15(16)17-14-10-7-8-13(14)4-2/h5-6,9,11,13-14,17H,3-4,7-8,10,12H2,1-2H3. The fourth-order valence-electron chi connectivity index (χ4n) is 2.84. The first-order valence-corrected chi connectivity index (χ1v) is 7.33. The first kappa shape index (κ1) is 13.3. The highest BCUT2D eigenvalue weighted by molar-refractivity contribution is 5.56. The third-order valence-electron chi connectivity index (χ3n) is 3.87. The van der Waals surface area contributed by atoms with E-state index in [0.717, 1.165) is 30.4 Å². The topological polar surface area (TPSA) is 21.3 Å². The first-order chi connectivity index (χ1) is 8.85. The van der Waals surface area contributed by atoms with Gasteiger partial charge in [0.05, 0.1) is 12.3 Å². The second-order valence-electron chi connectivity index (χ2n) is 5.19. The quantitative estimate of drug-likeness (QED) is 0.801. The van der Waals surface area contributed by atoms with E-state index in [-0.39, 0.29) is 0 Å². The molecule has 1 aromatic carbocycles. The molecule has 0 aromatic heterocycles. The number of benzene rings is 1. The lowest BCUT2D eigenvalue weighted by Gasteiger charge is -2.22. The van der Waals surface area contributed by atoms with Crippen molar-refractivity contribution in [3.8, 4) is 5.75 Å². The second-order valence-corrected chi connectivity index (χ2v) is 5.19. The van der Waals surface area contributed by atoms with Gasteiger partial charge in [0.15, 0.2) is 0 Å². The molecule has 1 N–H and O–H groups in total. The van der Waals surface area contributed by atoms with Crippen molar-refractivity contribution in [3.05, 3.63) is 24.3 Å². The zero-order valence-electron chi connectivity index (χ0n) is 11.6. The summed E-state index contributed by atoms with van der Waals surface area (Å²) in [7, 11) is 0. The van der Waals surface area contributed by atoms with Gasteiger partial charge in [-0.3, -0.25) is 0 Å². The Morgan fingerprint density at radius 1 is 1.22 bits per heavy atom. The Morgan fingerprint density at radius 3 is 2.83 bits per heavy atom. The van der Waals surface area contributed by atoms with Crippen LogP contribution in [0.2, 0.25) is 0 Å². The van der Waals surface area contributed by atoms with Crippen molar-refractivity contribution in [3.63, 3.8) is 0 Å². The molecule has 2 rings (SSSR count). The summed E-state index contributed by atoms with van der Waals surface area (Å²) in [6.07, 6.45) is 6.34. The van der Waals surface area contributed by atoms with Crippen LogP contribution in [-0.2, 0) is 0 Å². The average Bonchev–Trinajstić information content (AvgIpc) is 2.85.